The number of nitrogens with one attached hydrogen (secondary N) is 1. The van der Waals surface area contributed by atoms with Crippen LogP contribution < -0.4 is 10.2 Å². The number of fused-ring (bicyclic) bond motifs is 1. The molecule has 3 heterocycles. The fraction of sp³-hybridized carbons (Fsp3) is 0.636. The summed E-state index contributed by atoms with van der Waals surface area (Å²) >= 11 is 1.68. The second kappa shape index (κ2) is 4.14. The Morgan fingerprint density at radius 2 is 2.25 bits per heavy atom. The van der Waals surface area contributed by atoms with Gasteiger partial charge in [0.1, 0.15) is 0 Å². The minimum Gasteiger partial charge on any atom is -0.311 e. The van der Waals surface area contributed by atoms with Gasteiger partial charge in [-0.2, -0.15) is 0 Å². The van der Waals surface area contributed by atoms with Crippen LogP contribution in [-0.2, 0) is 17.8 Å². The van der Waals surface area contributed by atoms with Crippen LogP contribution in [0.1, 0.15) is 29.8 Å². The number of carbonyl (C=O) groups is 1. The lowest BCUT2D eigenvalue weighted by atomic mass is 10.1. The molecule has 0 bridgehead atoms. The Balaban J connectivity index is 1.88. The second-order valence-electron chi connectivity index (χ2n) is 4.30. The molecular formula is C11H15N3OS. The van der Waals surface area contributed by atoms with Gasteiger partial charge in [0.25, 0.3) is 0 Å². The van der Waals surface area contributed by atoms with E-state index < -0.39 is 0 Å². The van der Waals surface area contributed by atoms with Gasteiger partial charge in [0.2, 0.25) is 5.91 Å². The fourth-order valence-electron chi connectivity index (χ4n) is 2.24. The number of hydrogen-bond donors (Lipinski definition) is 1. The summed E-state index contributed by atoms with van der Waals surface area (Å²) in [4.78, 5) is 19.6. The highest BCUT2D eigenvalue weighted by Crippen LogP contribution is 2.30. The van der Waals surface area contributed by atoms with Gasteiger partial charge in [0.15, 0.2) is 5.13 Å². The maximum atomic E-state index is 11.8. The van der Waals surface area contributed by atoms with Crippen molar-refractivity contribution in [1.82, 2.24) is 10.3 Å². The third kappa shape index (κ3) is 1.74. The van der Waals surface area contributed by atoms with E-state index in [1.54, 1.807) is 11.3 Å². The lowest BCUT2D eigenvalue weighted by Gasteiger charge is -2.23. The monoisotopic (exact) mass is 237 g/mol. The van der Waals surface area contributed by atoms with Crippen molar-refractivity contribution in [3.63, 3.8) is 0 Å². The Hall–Kier alpha value is -0.940. The van der Waals surface area contributed by atoms with Crippen molar-refractivity contribution in [2.75, 3.05) is 18.0 Å². The topological polar surface area (TPSA) is 45.2 Å². The quantitative estimate of drug-likeness (QED) is 0.801. The lowest BCUT2D eigenvalue weighted by Crippen LogP contribution is -2.35. The second-order valence-corrected chi connectivity index (χ2v) is 5.36. The molecule has 86 valence electrons. The van der Waals surface area contributed by atoms with Gasteiger partial charge in [-0.05, 0) is 12.8 Å². The molecule has 4 nitrogen and oxygen atoms in total. The Morgan fingerprint density at radius 1 is 1.31 bits per heavy atom. The van der Waals surface area contributed by atoms with Gasteiger partial charge in [-0.15, -0.1) is 0 Å². The zero-order valence-corrected chi connectivity index (χ0v) is 9.98. The van der Waals surface area contributed by atoms with Crippen LogP contribution in [0, 0.1) is 0 Å². The molecule has 1 N–H and O–H groups in total. The number of anilines is 1. The average Bonchev–Trinajstić information content (AvgIpc) is 2.73. The number of thiazole rings is 1. The number of rotatable bonds is 1. The number of aromatic nitrogens is 1. The zero-order valence-electron chi connectivity index (χ0n) is 9.16. The number of amides is 1. The average molecular weight is 237 g/mol. The van der Waals surface area contributed by atoms with Crippen LogP contribution >= 0.6 is 11.3 Å². The predicted octanol–water partition coefficient (Wildman–Crippen LogP) is 1.31. The van der Waals surface area contributed by atoms with Crippen LogP contribution in [0.25, 0.3) is 0 Å². The molecule has 1 saturated heterocycles. The van der Waals surface area contributed by atoms with Gasteiger partial charge >= 0.3 is 0 Å². The maximum absolute atomic E-state index is 11.8. The van der Waals surface area contributed by atoms with E-state index in [0.29, 0.717) is 6.42 Å². The van der Waals surface area contributed by atoms with Gasteiger partial charge in [-0.1, -0.05) is 11.3 Å². The van der Waals surface area contributed by atoms with Crippen molar-refractivity contribution in [2.24, 2.45) is 0 Å². The summed E-state index contributed by atoms with van der Waals surface area (Å²) in [7, 11) is 0. The smallest absolute Gasteiger partial charge is 0.228 e. The van der Waals surface area contributed by atoms with E-state index in [1.807, 2.05) is 4.90 Å². The first-order valence-electron chi connectivity index (χ1n) is 5.84. The van der Waals surface area contributed by atoms with E-state index in [9.17, 15) is 4.79 Å². The summed E-state index contributed by atoms with van der Waals surface area (Å²) < 4.78 is 0. The van der Waals surface area contributed by atoms with E-state index in [4.69, 9.17) is 0 Å². The van der Waals surface area contributed by atoms with Crippen molar-refractivity contribution in [1.29, 1.82) is 0 Å². The predicted molar refractivity (Wildman–Crippen MR) is 63.7 cm³/mol. The van der Waals surface area contributed by atoms with Crippen LogP contribution in [0.3, 0.4) is 0 Å². The van der Waals surface area contributed by atoms with Crippen molar-refractivity contribution >= 4 is 22.4 Å². The standard InChI is InChI=1S/C11H15N3OS/c15-10-3-1-2-6-14(10)11-13-8-4-5-12-7-9(8)16-11/h12H,1-7H2. The first kappa shape index (κ1) is 10.2. The summed E-state index contributed by atoms with van der Waals surface area (Å²) in [6.45, 7) is 2.76. The molecule has 3 rings (SSSR count). The molecule has 1 amide bonds. The molecule has 16 heavy (non-hydrogen) atoms. The molecule has 0 unspecified atom stereocenters. The molecule has 2 aliphatic rings. The normalized spacial score (nSPS) is 21.0. The van der Waals surface area contributed by atoms with E-state index in [-0.39, 0.29) is 5.91 Å². The molecule has 0 atom stereocenters. The van der Waals surface area contributed by atoms with Crippen molar-refractivity contribution < 1.29 is 4.79 Å². The molecule has 0 aliphatic carbocycles. The molecule has 0 spiro atoms. The van der Waals surface area contributed by atoms with Crippen molar-refractivity contribution in [3.05, 3.63) is 10.6 Å². The number of nitrogens with zero attached hydrogens (tertiary/aromatic N) is 2. The molecular weight excluding hydrogens is 222 g/mol. The Morgan fingerprint density at radius 3 is 3.06 bits per heavy atom. The number of carbonyl (C=O) groups excluding carboxylic acids is 1. The van der Waals surface area contributed by atoms with E-state index >= 15 is 0 Å². The molecule has 0 aromatic carbocycles. The SMILES string of the molecule is O=C1CCCCN1c1nc2c(s1)CNCC2. The third-order valence-corrected chi connectivity index (χ3v) is 4.27. The summed E-state index contributed by atoms with van der Waals surface area (Å²) in [6.07, 6.45) is 3.81. The van der Waals surface area contributed by atoms with Crippen molar-refractivity contribution in [2.45, 2.75) is 32.2 Å². The maximum Gasteiger partial charge on any atom is 0.228 e. The van der Waals surface area contributed by atoms with Crippen LogP contribution in [0.15, 0.2) is 0 Å². The Labute approximate surface area is 98.7 Å². The Bertz CT molecular complexity index is 392. The van der Waals surface area contributed by atoms with Gasteiger partial charge in [-0.25, -0.2) is 4.98 Å². The molecule has 5 heteroatoms. The van der Waals surface area contributed by atoms with Gasteiger partial charge in [0, 0.05) is 37.4 Å². The Kier molecular flexibility index (Phi) is 2.65. The van der Waals surface area contributed by atoms with Crippen LogP contribution in [0.5, 0.6) is 0 Å². The minimum absolute atomic E-state index is 0.241. The number of piperidine rings is 1. The summed E-state index contributed by atoms with van der Waals surface area (Å²) in [5.74, 6) is 0.241. The largest absolute Gasteiger partial charge is 0.311 e. The van der Waals surface area contributed by atoms with E-state index in [0.717, 1.165) is 44.0 Å². The van der Waals surface area contributed by atoms with Crippen LogP contribution in [-0.4, -0.2) is 24.0 Å². The summed E-state index contributed by atoms with van der Waals surface area (Å²) in [5, 5.41) is 4.25. The number of hydrogen-bond acceptors (Lipinski definition) is 4. The molecule has 1 fully saturated rings. The highest BCUT2D eigenvalue weighted by atomic mass is 32.1. The molecule has 1 aromatic rings. The molecule has 2 aliphatic heterocycles. The first-order valence-corrected chi connectivity index (χ1v) is 6.66. The highest BCUT2D eigenvalue weighted by molar-refractivity contribution is 7.15. The van der Waals surface area contributed by atoms with Gasteiger partial charge in [0.05, 0.1) is 5.69 Å². The summed E-state index contributed by atoms with van der Waals surface area (Å²) in [6, 6.07) is 0. The fourth-order valence-corrected chi connectivity index (χ4v) is 3.35. The molecule has 0 radical (unpaired) electrons. The lowest BCUT2D eigenvalue weighted by molar-refractivity contribution is -0.119. The molecule has 0 saturated carbocycles. The van der Waals surface area contributed by atoms with Crippen LogP contribution in [0.2, 0.25) is 0 Å². The van der Waals surface area contributed by atoms with Crippen LogP contribution in [0.4, 0.5) is 5.13 Å². The van der Waals surface area contributed by atoms with E-state index in [1.165, 1.54) is 10.6 Å². The first-order chi connectivity index (χ1) is 7.84. The van der Waals surface area contributed by atoms with E-state index in [2.05, 4.69) is 10.3 Å². The molecule has 1 aromatic heterocycles. The summed E-state index contributed by atoms with van der Waals surface area (Å²) in [5.41, 5.74) is 1.19. The van der Waals surface area contributed by atoms with Gasteiger partial charge < -0.3 is 5.32 Å². The zero-order chi connectivity index (χ0) is 11.0. The minimum atomic E-state index is 0.241. The highest BCUT2D eigenvalue weighted by Gasteiger charge is 2.24. The third-order valence-electron chi connectivity index (χ3n) is 3.15. The van der Waals surface area contributed by atoms with Crippen molar-refractivity contribution in [3.8, 4) is 0 Å². The van der Waals surface area contributed by atoms with Gasteiger partial charge in [-0.3, -0.25) is 9.69 Å².